The highest BCUT2D eigenvalue weighted by Crippen LogP contribution is 2.18. The van der Waals surface area contributed by atoms with Gasteiger partial charge >= 0.3 is 0 Å². The Morgan fingerprint density at radius 1 is 1.77 bits per heavy atom. The van der Waals surface area contributed by atoms with Crippen LogP contribution in [0.5, 0.6) is 0 Å². The number of nitrogen functional groups attached to an aromatic ring is 1. The van der Waals surface area contributed by atoms with Gasteiger partial charge < -0.3 is 11.1 Å². The molecule has 0 aromatic carbocycles. The summed E-state index contributed by atoms with van der Waals surface area (Å²) >= 11 is 0. The van der Waals surface area contributed by atoms with Crippen molar-refractivity contribution in [3.05, 3.63) is 11.8 Å². The van der Waals surface area contributed by atoms with Gasteiger partial charge in [0.25, 0.3) is 0 Å². The number of nitrogens with one attached hydrogen (secondary N) is 1. The second-order valence-corrected chi connectivity index (χ2v) is 3.36. The molecule has 0 fully saturated rings. The van der Waals surface area contributed by atoms with Crippen molar-refractivity contribution in [2.24, 2.45) is 0 Å². The van der Waals surface area contributed by atoms with Gasteiger partial charge in [-0.25, -0.2) is 0 Å². The number of anilines is 1. The maximum atomic E-state index is 11.2. The molecule has 2 rings (SSSR count). The van der Waals surface area contributed by atoms with Crippen LogP contribution in [0, 0.1) is 0 Å². The molecule has 1 unspecified atom stereocenters. The summed E-state index contributed by atoms with van der Waals surface area (Å²) in [7, 11) is 0. The van der Waals surface area contributed by atoms with Crippen molar-refractivity contribution in [3.63, 3.8) is 0 Å². The van der Waals surface area contributed by atoms with E-state index in [1.165, 1.54) is 0 Å². The molecule has 70 valence electrons. The van der Waals surface area contributed by atoms with Gasteiger partial charge in [0.15, 0.2) is 0 Å². The summed E-state index contributed by atoms with van der Waals surface area (Å²) in [5.74, 6) is 0.751. The molecule has 1 aromatic rings. The molecule has 0 radical (unpaired) electrons. The first kappa shape index (κ1) is 8.10. The second-order valence-electron chi connectivity index (χ2n) is 3.36. The third-order valence-electron chi connectivity index (χ3n) is 2.23. The molecule has 3 N–H and O–H groups in total. The van der Waals surface area contributed by atoms with Gasteiger partial charge in [-0.2, -0.15) is 5.10 Å². The monoisotopic (exact) mass is 180 g/mol. The summed E-state index contributed by atoms with van der Waals surface area (Å²) in [6.45, 7) is 2.97. The van der Waals surface area contributed by atoms with E-state index in [4.69, 9.17) is 5.73 Å². The van der Waals surface area contributed by atoms with E-state index in [1.807, 2.05) is 13.0 Å². The van der Waals surface area contributed by atoms with Crippen molar-refractivity contribution in [1.82, 2.24) is 15.1 Å². The van der Waals surface area contributed by atoms with E-state index in [0.29, 0.717) is 12.4 Å². The minimum absolute atomic E-state index is 0.00583. The summed E-state index contributed by atoms with van der Waals surface area (Å²) in [4.78, 5) is 11.2. The molecule has 5 nitrogen and oxygen atoms in total. The van der Waals surface area contributed by atoms with Gasteiger partial charge in [0.2, 0.25) is 5.91 Å². The Morgan fingerprint density at radius 3 is 3.31 bits per heavy atom. The van der Waals surface area contributed by atoms with Crippen molar-refractivity contribution in [3.8, 4) is 0 Å². The first-order chi connectivity index (χ1) is 6.16. The number of nitrogens with zero attached hydrogens (tertiary/aromatic N) is 2. The standard InChI is InChI=1S/C8H12N4O/c1-5-3-10-8(13)4-12-6(5)2-7(9)11-12/h2,5H,3-4H2,1H3,(H2,9,11)(H,10,13). The van der Waals surface area contributed by atoms with E-state index < -0.39 is 0 Å². The van der Waals surface area contributed by atoms with Crippen molar-refractivity contribution in [1.29, 1.82) is 0 Å². The topological polar surface area (TPSA) is 72.9 Å². The first-order valence-electron chi connectivity index (χ1n) is 4.26. The van der Waals surface area contributed by atoms with Gasteiger partial charge in [0.05, 0.1) is 0 Å². The molecule has 0 spiro atoms. The number of rotatable bonds is 0. The number of carbonyl (C=O) groups is 1. The van der Waals surface area contributed by atoms with Crippen LogP contribution in [0.15, 0.2) is 6.07 Å². The molecule has 2 heterocycles. The zero-order valence-electron chi connectivity index (χ0n) is 7.45. The Bertz CT molecular complexity index is 344. The second kappa shape index (κ2) is 2.76. The molecule has 0 bridgehead atoms. The van der Waals surface area contributed by atoms with Crippen LogP contribution in [0.4, 0.5) is 5.82 Å². The SMILES string of the molecule is CC1CNC(=O)Cn2nc(N)cc21. The summed E-state index contributed by atoms with van der Waals surface area (Å²) < 4.78 is 1.67. The Hall–Kier alpha value is -1.52. The average molecular weight is 180 g/mol. The lowest BCUT2D eigenvalue weighted by atomic mass is 10.1. The first-order valence-corrected chi connectivity index (χ1v) is 4.26. The minimum atomic E-state index is -0.00583. The van der Waals surface area contributed by atoms with Crippen LogP contribution in [-0.4, -0.2) is 22.2 Å². The molecule has 1 amide bonds. The number of fused-ring (bicyclic) bond motifs is 1. The number of carbonyl (C=O) groups excluding carboxylic acids is 1. The van der Waals surface area contributed by atoms with Gasteiger partial charge in [0, 0.05) is 24.2 Å². The molecular weight excluding hydrogens is 168 g/mol. The normalized spacial score (nSPS) is 21.9. The van der Waals surface area contributed by atoms with Gasteiger partial charge in [0.1, 0.15) is 12.4 Å². The molecule has 1 aliphatic heterocycles. The van der Waals surface area contributed by atoms with Crippen LogP contribution in [0.3, 0.4) is 0 Å². The van der Waals surface area contributed by atoms with E-state index in [-0.39, 0.29) is 18.4 Å². The fourth-order valence-corrected chi connectivity index (χ4v) is 1.54. The summed E-state index contributed by atoms with van der Waals surface area (Å²) in [6, 6.07) is 1.82. The lowest BCUT2D eigenvalue weighted by molar-refractivity contribution is -0.121. The van der Waals surface area contributed by atoms with E-state index in [0.717, 1.165) is 5.69 Å². The van der Waals surface area contributed by atoms with E-state index in [1.54, 1.807) is 4.68 Å². The predicted molar refractivity (Wildman–Crippen MR) is 48.1 cm³/mol. The molecule has 13 heavy (non-hydrogen) atoms. The smallest absolute Gasteiger partial charge is 0.241 e. The highest BCUT2D eigenvalue weighted by molar-refractivity contribution is 5.76. The minimum Gasteiger partial charge on any atom is -0.382 e. The van der Waals surface area contributed by atoms with Crippen LogP contribution >= 0.6 is 0 Å². The zero-order chi connectivity index (χ0) is 9.42. The Kier molecular flexibility index (Phi) is 1.72. The lowest BCUT2D eigenvalue weighted by Gasteiger charge is -2.06. The lowest BCUT2D eigenvalue weighted by Crippen LogP contribution is -2.26. The van der Waals surface area contributed by atoms with Gasteiger partial charge in [-0.05, 0) is 0 Å². The molecule has 0 saturated carbocycles. The summed E-state index contributed by atoms with van der Waals surface area (Å²) in [5, 5.41) is 6.85. The van der Waals surface area contributed by atoms with Crippen LogP contribution in [-0.2, 0) is 11.3 Å². The molecular formula is C8H12N4O. The van der Waals surface area contributed by atoms with Crippen molar-refractivity contribution in [2.45, 2.75) is 19.4 Å². The van der Waals surface area contributed by atoms with E-state index in [9.17, 15) is 4.79 Å². The third-order valence-corrected chi connectivity index (χ3v) is 2.23. The number of amides is 1. The Balaban J connectivity index is 2.42. The van der Waals surface area contributed by atoms with E-state index in [2.05, 4.69) is 10.4 Å². The summed E-state index contributed by atoms with van der Waals surface area (Å²) in [6.07, 6.45) is 0. The predicted octanol–water partition coefficient (Wildman–Crippen LogP) is -0.301. The maximum Gasteiger partial charge on any atom is 0.241 e. The maximum absolute atomic E-state index is 11.2. The molecule has 0 saturated heterocycles. The largest absolute Gasteiger partial charge is 0.382 e. The van der Waals surface area contributed by atoms with Crippen molar-refractivity contribution in [2.75, 3.05) is 12.3 Å². The van der Waals surface area contributed by atoms with Crippen molar-refractivity contribution >= 4 is 11.7 Å². The average Bonchev–Trinajstić information content (AvgIpc) is 2.37. The quantitative estimate of drug-likeness (QED) is 0.575. The highest BCUT2D eigenvalue weighted by atomic mass is 16.2. The van der Waals surface area contributed by atoms with Crippen LogP contribution < -0.4 is 11.1 Å². The Labute approximate surface area is 75.9 Å². The van der Waals surface area contributed by atoms with Crippen LogP contribution in [0.25, 0.3) is 0 Å². The fraction of sp³-hybridized carbons (Fsp3) is 0.500. The number of hydrogen-bond acceptors (Lipinski definition) is 3. The van der Waals surface area contributed by atoms with E-state index >= 15 is 0 Å². The molecule has 0 aliphatic carbocycles. The fourth-order valence-electron chi connectivity index (χ4n) is 1.54. The van der Waals surface area contributed by atoms with Gasteiger partial charge in [-0.15, -0.1) is 0 Å². The third kappa shape index (κ3) is 1.37. The zero-order valence-corrected chi connectivity index (χ0v) is 7.45. The molecule has 5 heteroatoms. The van der Waals surface area contributed by atoms with Crippen molar-refractivity contribution < 1.29 is 4.79 Å². The van der Waals surface area contributed by atoms with Crippen LogP contribution in [0.2, 0.25) is 0 Å². The molecule has 1 aliphatic rings. The highest BCUT2D eigenvalue weighted by Gasteiger charge is 2.19. The molecule has 1 aromatic heterocycles. The van der Waals surface area contributed by atoms with Crippen LogP contribution in [0.1, 0.15) is 18.5 Å². The van der Waals surface area contributed by atoms with Gasteiger partial charge in [-0.3, -0.25) is 9.48 Å². The molecule has 1 atom stereocenters. The Morgan fingerprint density at radius 2 is 2.54 bits per heavy atom. The number of aromatic nitrogens is 2. The van der Waals surface area contributed by atoms with Gasteiger partial charge in [-0.1, -0.05) is 6.92 Å². The number of hydrogen-bond donors (Lipinski definition) is 2. The summed E-state index contributed by atoms with van der Waals surface area (Å²) in [5.41, 5.74) is 6.58. The number of nitrogens with two attached hydrogens (primary N) is 1.